The van der Waals surface area contributed by atoms with Gasteiger partial charge in [0.25, 0.3) is 0 Å². The van der Waals surface area contributed by atoms with Crippen molar-refractivity contribution in [1.29, 1.82) is 0 Å². The molecule has 2 rings (SSSR count). The Labute approximate surface area is 199 Å². The van der Waals surface area contributed by atoms with Crippen LogP contribution in [0.4, 0.5) is 0 Å². The second-order valence-corrected chi connectivity index (χ2v) is 8.45. The lowest BCUT2D eigenvalue weighted by molar-refractivity contribution is -0.128. The van der Waals surface area contributed by atoms with Crippen LogP contribution in [-0.4, -0.2) is 49.5 Å². The molecule has 1 fully saturated rings. The van der Waals surface area contributed by atoms with Crippen molar-refractivity contribution >= 4 is 35.8 Å². The summed E-state index contributed by atoms with van der Waals surface area (Å²) in [5.74, 6) is 0.787. The van der Waals surface area contributed by atoms with Crippen LogP contribution in [0.1, 0.15) is 58.1 Å². The fourth-order valence-electron chi connectivity index (χ4n) is 3.42. The fraction of sp³-hybridized carbons (Fsp3) is 0.652. The molecule has 0 radical (unpaired) electrons. The first kappa shape index (κ1) is 26.7. The van der Waals surface area contributed by atoms with Crippen LogP contribution >= 0.6 is 24.0 Å². The number of halogens is 1. The first-order valence-corrected chi connectivity index (χ1v) is 11.0. The van der Waals surface area contributed by atoms with E-state index in [2.05, 4.69) is 50.1 Å². The second kappa shape index (κ2) is 13.9. The van der Waals surface area contributed by atoms with Crippen LogP contribution in [0.3, 0.4) is 0 Å². The van der Waals surface area contributed by atoms with Crippen molar-refractivity contribution in [1.82, 2.24) is 20.9 Å². The Kier molecular flexibility index (Phi) is 12.3. The molecular formula is C23H40IN5O. The Bertz CT molecular complexity index is 654. The molecule has 7 heteroatoms. The third-order valence-corrected chi connectivity index (χ3v) is 5.29. The highest BCUT2D eigenvalue weighted by molar-refractivity contribution is 14.0. The van der Waals surface area contributed by atoms with Crippen LogP contribution in [-0.2, 0) is 17.9 Å². The Morgan fingerprint density at radius 1 is 0.967 bits per heavy atom. The van der Waals surface area contributed by atoms with E-state index in [-0.39, 0.29) is 29.9 Å². The molecule has 0 atom stereocenters. The smallest absolute Gasteiger partial charge is 0.227 e. The average molecular weight is 530 g/mol. The summed E-state index contributed by atoms with van der Waals surface area (Å²) in [6, 6.07) is 8.78. The number of aliphatic imine (C=N–C) groups is 1. The topological polar surface area (TPSA) is 68.8 Å². The van der Waals surface area contributed by atoms with E-state index in [4.69, 9.17) is 0 Å². The summed E-state index contributed by atoms with van der Waals surface area (Å²) in [5.41, 5.74) is 2.06. The standard InChI is InChI=1S/C23H39N5O.HI/c1-5-24-21(29)23(3,4)18-27-22(25-6-2)26-16-19-10-12-20(13-11-19)17-28-14-8-7-9-15-28;/h10-13H,5-9,14-18H2,1-4H3,(H,24,29)(H2,25,26,27);1H. The quantitative estimate of drug-likeness (QED) is 0.260. The third kappa shape index (κ3) is 9.20. The van der Waals surface area contributed by atoms with E-state index < -0.39 is 5.41 Å². The van der Waals surface area contributed by atoms with Gasteiger partial charge in [0.15, 0.2) is 5.96 Å². The van der Waals surface area contributed by atoms with Crippen LogP contribution in [0.2, 0.25) is 0 Å². The summed E-state index contributed by atoms with van der Waals surface area (Å²) in [5, 5.41) is 9.46. The molecule has 1 aromatic rings. The van der Waals surface area contributed by atoms with Gasteiger partial charge in [0.2, 0.25) is 5.91 Å². The number of piperidine rings is 1. The largest absolute Gasteiger partial charge is 0.357 e. The van der Waals surface area contributed by atoms with E-state index in [0.717, 1.165) is 19.0 Å². The summed E-state index contributed by atoms with van der Waals surface area (Å²) in [7, 11) is 0. The van der Waals surface area contributed by atoms with Crippen molar-refractivity contribution in [3.63, 3.8) is 0 Å². The van der Waals surface area contributed by atoms with Gasteiger partial charge in [0.1, 0.15) is 0 Å². The molecule has 0 aliphatic carbocycles. The van der Waals surface area contributed by atoms with Crippen LogP contribution in [0, 0.1) is 5.41 Å². The fourth-order valence-corrected chi connectivity index (χ4v) is 3.42. The van der Waals surface area contributed by atoms with Gasteiger partial charge in [-0.3, -0.25) is 9.69 Å². The Balaban J connectivity index is 0.00000450. The summed E-state index contributed by atoms with van der Waals surface area (Å²) in [6.07, 6.45) is 4.02. The molecule has 1 aliphatic heterocycles. The number of likely N-dealkylation sites (tertiary alicyclic amines) is 1. The Morgan fingerprint density at radius 3 is 2.17 bits per heavy atom. The monoisotopic (exact) mass is 529 g/mol. The van der Waals surface area contributed by atoms with E-state index in [1.54, 1.807) is 0 Å². The van der Waals surface area contributed by atoms with Gasteiger partial charge >= 0.3 is 0 Å². The molecule has 0 unspecified atom stereocenters. The minimum absolute atomic E-state index is 0. The third-order valence-electron chi connectivity index (χ3n) is 5.29. The van der Waals surface area contributed by atoms with Crippen LogP contribution in [0.25, 0.3) is 0 Å². The maximum absolute atomic E-state index is 12.2. The number of carbonyl (C=O) groups excluding carboxylic acids is 1. The molecule has 170 valence electrons. The summed E-state index contributed by atoms with van der Waals surface area (Å²) in [6.45, 7) is 13.9. The molecule has 1 saturated heterocycles. The van der Waals surface area contributed by atoms with Crippen molar-refractivity contribution in [3.8, 4) is 0 Å². The number of benzene rings is 1. The highest BCUT2D eigenvalue weighted by Gasteiger charge is 2.27. The van der Waals surface area contributed by atoms with E-state index in [9.17, 15) is 4.79 Å². The highest BCUT2D eigenvalue weighted by Crippen LogP contribution is 2.15. The number of nitrogens with one attached hydrogen (secondary N) is 3. The van der Waals surface area contributed by atoms with Gasteiger partial charge in [-0.25, -0.2) is 4.99 Å². The number of nitrogens with zero attached hydrogens (tertiary/aromatic N) is 2. The van der Waals surface area contributed by atoms with Gasteiger partial charge in [-0.15, -0.1) is 24.0 Å². The predicted octanol–water partition coefficient (Wildman–Crippen LogP) is 3.51. The van der Waals surface area contributed by atoms with E-state index >= 15 is 0 Å². The molecule has 6 nitrogen and oxygen atoms in total. The number of hydrogen-bond donors (Lipinski definition) is 3. The lowest BCUT2D eigenvalue weighted by Crippen LogP contribution is -2.47. The molecule has 0 bridgehead atoms. The van der Waals surface area contributed by atoms with Gasteiger partial charge in [0.05, 0.1) is 12.0 Å². The molecular weight excluding hydrogens is 489 g/mol. The van der Waals surface area contributed by atoms with Gasteiger partial charge in [0, 0.05) is 26.2 Å². The lowest BCUT2D eigenvalue weighted by atomic mass is 9.92. The normalized spacial score (nSPS) is 15.3. The lowest BCUT2D eigenvalue weighted by Gasteiger charge is -2.26. The van der Waals surface area contributed by atoms with Crippen molar-refractivity contribution in [2.24, 2.45) is 10.4 Å². The van der Waals surface area contributed by atoms with E-state index in [1.165, 1.54) is 43.5 Å². The first-order chi connectivity index (χ1) is 13.9. The number of carbonyl (C=O) groups is 1. The van der Waals surface area contributed by atoms with Gasteiger partial charge in [-0.05, 0) is 64.8 Å². The van der Waals surface area contributed by atoms with Crippen LogP contribution in [0.5, 0.6) is 0 Å². The maximum atomic E-state index is 12.2. The average Bonchev–Trinajstić information content (AvgIpc) is 2.72. The molecule has 1 aliphatic rings. The molecule has 0 saturated carbocycles. The summed E-state index contributed by atoms with van der Waals surface area (Å²) in [4.78, 5) is 19.4. The van der Waals surface area contributed by atoms with Crippen molar-refractivity contribution in [3.05, 3.63) is 35.4 Å². The van der Waals surface area contributed by atoms with Crippen molar-refractivity contribution in [2.75, 3.05) is 32.7 Å². The zero-order chi connectivity index (χ0) is 21.1. The Morgan fingerprint density at radius 2 is 1.57 bits per heavy atom. The molecule has 0 spiro atoms. The molecule has 0 aromatic heterocycles. The van der Waals surface area contributed by atoms with Gasteiger partial charge in [-0.1, -0.05) is 30.7 Å². The summed E-state index contributed by atoms with van der Waals surface area (Å²) < 4.78 is 0. The van der Waals surface area contributed by atoms with Crippen LogP contribution in [0.15, 0.2) is 29.3 Å². The number of hydrogen-bond acceptors (Lipinski definition) is 3. The predicted molar refractivity (Wildman–Crippen MR) is 136 cm³/mol. The molecule has 1 amide bonds. The maximum Gasteiger partial charge on any atom is 0.227 e. The minimum atomic E-state index is -0.498. The van der Waals surface area contributed by atoms with E-state index in [0.29, 0.717) is 19.6 Å². The first-order valence-electron chi connectivity index (χ1n) is 11.0. The van der Waals surface area contributed by atoms with E-state index in [1.807, 2.05) is 27.7 Å². The zero-order valence-corrected chi connectivity index (χ0v) is 21.4. The summed E-state index contributed by atoms with van der Waals surface area (Å²) >= 11 is 0. The molecule has 1 aromatic carbocycles. The van der Waals surface area contributed by atoms with Crippen molar-refractivity contribution in [2.45, 2.75) is 60.0 Å². The van der Waals surface area contributed by atoms with Gasteiger partial charge in [-0.2, -0.15) is 0 Å². The highest BCUT2D eigenvalue weighted by atomic mass is 127. The number of amides is 1. The minimum Gasteiger partial charge on any atom is -0.357 e. The number of guanidine groups is 1. The molecule has 30 heavy (non-hydrogen) atoms. The van der Waals surface area contributed by atoms with Gasteiger partial charge < -0.3 is 16.0 Å². The molecule has 3 N–H and O–H groups in total. The van der Waals surface area contributed by atoms with Crippen molar-refractivity contribution < 1.29 is 4.79 Å². The second-order valence-electron chi connectivity index (χ2n) is 8.45. The van der Waals surface area contributed by atoms with Crippen LogP contribution < -0.4 is 16.0 Å². The number of rotatable bonds is 9. The zero-order valence-electron chi connectivity index (χ0n) is 19.1. The molecule has 1 heterocycles. The SMILES string of the molecule is CCNC(=O)C(C)(C)CNC(=NCc1ccc(CN2CCCCC2)cc1)NCC.I. The Hall–Kier alpha value is -1.35.